The quantitative estimate of drug-likeness (QED) is 0.838. The summed E-state index contributed by atoms with van der Waals surface area (Å²) in [5.74, 6) is 0.101. The molecule has 0 aliphatic carbocycles. The predicted molar refractivity (Wildman–Crippen MR) is 73.1 cm³/mol. The van der Waals surface area contributed by atoms with Gasteiger partial charge in [0.05, 0.1) is 13.4 Å². The Morgan fingerprint density at radius 2 is 2.05 bits per heavy atom. The van der Waals surface area contributed by atoms with Gasteiger partial charge in [-0.05, 0) is 42.7 Å². The molecule has 0 saturated carbocycles. The first-order valence-corrected chi connectivity index (χ1v) is 6.25. The lowest BCUT2D eigenvalue weighted by molar-refractivity contribution is -0.139. The largest absolute Gasteiger partial charge is 0.497 e. The molecule has 1 heterocycles. The maximum atomic E-state index is 11.5. The normalized spacial score (nSPS) is 13.7. The van der Waals surface area contributed by atoms with Crippen LogP contribution < -0.4 is 10.5 Å². The average Bonchev–Trinajstić information content (AvgIpc) is 2.99. The summed E-state index contributed by atoms with van der Waals surface area (Å²) in [7, 11) is 1.59. The highest BCUT2D eigenvalue weighted by Gasteiger charge is 2.38. The number of rotatable bonds is 6. The van der Waals surface area contributed by atoms with Crippen molar-refractivity contribution in [3.8, 4) is 5.75 Å². The highest BCUT2D eigenvalue weighted by Crippen LogP contribution is 2.27. The van der Waals surface area contributed by atoms with Crippen LogP contribution in [0.25, 0.3) is 0 Å². The smallest absolute Gasteiger partial charge is 0.257 e. The summed E-state index contributed by atoms with van der Waals surface area (Å²) in [5.41, 5.74) is 4.48. The van der Waals surface area contributed by atoms with E-state index >= 15 is 0 Å². The molecule has 0 spiro atoms. The van der Waals surface area contributed by atoms with E-state index in [0.29, 0.717) is 6.42 Å². The van der Waals surface area contributed by atoms with Crippen LogP contribution in [0.3, 0.4) is 0 Å². The minimum Gasteiger partial charge on any atom is -0.497 e. The molecule has 1 unspecified atom stereocenters. The fourth-order valence-electron chi connectivity index (χ4n) is 2.00. The van der Waals surface area contributed by atoms with Gasteiger partial charge in [-0.15, -0.1) is 0 Å². The Morgan fingerprint density at radius 1 is 1.35 bits per heavy atom. The van der Waals surface area contributed by atoms with E-state index in [4.69, 9.17) is 14.9 Å². The van der Waals surface area contributed by atoms with Crippen molar-refractivity contribution in [1.29, 1.82) is 0 Å². The van der Waals surface area contributed by atoms with Crippen molar-refractivity contribution in [3.05, 3.63) is 54.0 Å². The molecular weight excluding hydrogens is 258 g/mol. The second-order valence-corrected chi connectivity index (χ2v) is 4.55. The van der Waals surface area contributed by atoms with Gasteiger partial charge in [0.25, 0.3) is 5.91 Å². The lowest BCUT2D eigenvalue weighted by atomic mass is 9.91. The number of amides is 1. The van der Waals surface area contributed by atoms with Crippen molar-refractivity contribution in [2.24, 2.45) is 5.73 Å². The highest BCUT2D eigenvalue weighted by molar-refractivity contribution is 5.83. The van der Waals surface area contributed by atoms with Gasteiger partial charge >= 0.3 is 0 Å². The standard InChI is InChI=1S/C15H17NO4/c1-19-12-6-4-11(5-7-12)8-9-15(18,14(16)17)13-3-2-10-20-13/h2-7,10,18H,8-9H2,1H3,(H2,16,17). The van der Waals surface area contributed by atoms with Crippen LogP contribution in [0.15, 0.2) is 47.1 Å². The van der Waals surface area contributed by atoms with Crippen LogP contribution in [-0.2, 0) is 16.8 Å². The highest BCUT2D eigenvalue weighted by atomic mass is 16.5. The van der Waals surface area contributed by atoms with Gasteiger partial charge in [-0.3, -0.25) is 4.79 Å². The van der Waals surface area contributed by atoms with Gasteiger partial charge in [0, 0.05) is 0 Å². The Morgan fingerprint density at radius 3 is 2.55 bits per heavy atom. The second kappa shape index (κ2) is 5.79. The van der Waals surface area contributed by atoms with E-state index in [0.717, 1.165) is 11.3 Å². The molecule has 0 aliphatic heterocycles. The van der Waals surface area contributed by atoms with Crippen LogP contribution in [0.2, 0.25) is 0 Å². The van der Waals surface area contributed by atoms with Crippen molar-refractivity contribution >= 4 is 5.91 Å². The number of hydrogen-bond acceptors (Lipinski definition) is 4. The maximum Gasteiger partial charge on any atom is 0.257 e. The monoisotopic (exact) mass is 275 g/mol. The third kappa shape index (κ3) is 2.83. The summed E-state index contributed by atoms with van der Waals surface area (Å²) in [6.07, 6.45) is 2.04. The van der Waals surface area contributed by atoms with Crippen LogP contribution >= 0.6 is 0 Å². The first kappa shape index (κ1) is 14.1. The minimum atomic E-state index is -1.79. The SMILES string of the molecule is COc1ccc(CCC(O)(C(N)=O)c2ccco2)cc1. The number of nitrogens with two attached hydrogens (primary N) is 1. The zero-order chi connectivity index (χ0) is 14.6. The molecule has 5 nitrogen and oxygen atoms in total. The summed E-state index contributed by atoms with van der Waals surface area (Å²) in [5, 5.41) is 10.4. The molecule has 0 saturated heterocycles. The number of aryl methyl sites for hydroxylation is 1. The zero-order valence-electron chi connectivity index (χ0n) is 11.2. The van der Waals surface area contributed by atoms with E-state index in [2.05, 4.69) is 0 Å². The molecule has 5 heteroatoms. The van der Waals surface area contributed by atoms with Crippen LogP contribution in [-0.4, -0.2) is 18.1 Å². The van der Waals surface area contributed by atoms with Gasteiger partial charge in [-0.1, -0.05) is 12.1 Å². The summed E-state index contributed by atoms with van der Waals surface area (Å²) in [6.45, 7) is 0. The van der Waals surface area contributed by atoms with Gasteiger partial charge in [0.15, 0.2) is 0 Å². The number of aliphatic hydroxyl groups is 1. The van der Waals surface area contributed by atoms with E-state index in [1.54, 1.807) is 19.2 Å². The lowest BCUT2D eigenvalue weighted by Crippen LogP contribution is -2.41. The molecule has 20 heavy (non-hydrogen) atoms. The molecule has 0 bridgehead atoms. The van der Waals surface area contributed by atoms with Gasteiger partial charge in [-0.25, -0.2) is 0 Å². The third-order valence-corrected chi connectivity index (χ3v) is 3.27. The Kier molecular flexibility index (Phi) is 4.10. The summed E-state index contributed by atoms with van der Waals surface area (Å²) in [4.78, 5) is 11.5. The molecule has 1 amide bonds. The van der Waals surface area contributed by atoms with E-state index < -0.39 is 11.5 Å². The zero-order valence-corrected chi connectivity index (χ0v) is 11.2. The van der Waals surface area contributed by atoms with Gasteiger partial charge < -0.3 is 20.0 Å². The third-order valence-electron chi connectivity index (χ3n) is 3.27. The molecule has 0 radical (unpaired) electrons. The molecule has 0 aliphatic rings. The first-order chi connectivity index (χ1) is 9.56. The molecule has 0 fully saturated rings. The topological polar surface area (TPSA) is 85.7 Å². The van der Waals surface area contributed by atoms with E-state index in [-0.39, 0.29) is 12.2 Å². The Labute approximate surface area is 117 Å². The van der Waals surface area contributed by atoms with Crippen LogP contribution in [0.4, 0.5) is 0 Å². The number of ether oxygens (including phenoxy) is 1. The summed E-state index contributed by atoms with van der Waals surface area (Å²) in [6, 6.07) is 10.6. The molecule has 1 aromatic carbocycles. The number of primary amides is 1. The van der Waals surface area contributed by atoms with Crippen molar-refractivity contribution in [2.75, 3.05) is 7.11 Å². The van der Waals surface area contributed by atoms with Crippen LogP contribution in [0.1, 0.15) is 17.7 Å². The predicted octanol–water partition coefficient (Wildman–Crippen LogP) is 1.59. The van der Waals surface area contributed by atoms with Gasteiger partial charge in [-0.2, -0.15) is 0 Å². The van der Waals surface area contributed by atoms with Crippen molar-refractivity contribution in [3.63, 3.8) is 0 Å². The van der Waals surface area contributed by atoms with Crippen LogP contribution in [0, 0.1) is 0 Å². The molecule has 3 N–H and O–H groups in total. The number of benzene rings is 1. The summed E-state index contributed by atoms with van der Waals surface area (Å²) >= 11 is 0. The van der Waals surface area contributed by atoms with Crippen molar-refractivity contribution in [1.82, 2.24) is 0 Å². The van der Waals surface area contributed by atoms with E-state index in [1.807, 2.05) is 24.3 Å². The number of carbonyl (C=O) groups is 1. The second-order valence-electron chi connectivity index (χ2n) is 4.55. The number of furan rings is 1. The van der Waals surface area contributed by atoms with E-state index in [1.165, 1.54) is 6.26 Å². The molecule has 106 valence electrons. The van der Waals surface area contributed by atoms with Crippen molar-refractivity contribution < 1.29 is 19.1 Å². The molecule has 1 aromatic heterocycles. The Hall–Kier alpha value is -2.27. The number of hydrogen-bond donors (Lipinski definition) is 2. The summed E-state index contributed by atoms with van der Waals surface area (Å²) < 4.78 is 10.2. The average molecular weight is 275 g/mol. The first-order valence-electron chi connectivity index (χ1n) is 6.25. The Balaban J connectivity index is 2.11. The van der Waals surface area contributed by atoms with E-state index in [9.17, 15) is 9.90 Å². The number of methoxy groups -OCH3 is 1. The van der Waals surface area contributed by atoms with Crippen LogP contribution in [0.5, 0.6) is 5.75 Å². The molecule has 2 aromatic rings. The fourth-order valence-corrected chi connectivity index (χ4v) is 2.00. The minimum absolute atomic E-state index is 0.155. The molecule has 2 rings (SSSR count). The fraction of sp³-hybridized carbons (Fsp3) is 0.267. The molecular formula is C15H17NO4. The number of carbonyl (C=O) groups excluding carboxylic acids is 1. The van der Waals surface area contributed by atoms with Gasteiger partial charge in [0.1, 0.15) is 11.5 Å². The van der Waals surface area contributed by atoms with Crippen molar-refractivity contribution in [2.45, 2.75) is 18.4 Å². The lowest BCUT2D eigenvalue weighted by Gasteiger charge is -2.22. The maximum absolute atomic E-state index is 11.5. The van der Waals surface area contributed by atoms with Gasteiger partial charge in [0.2, 0.25) is 5.60 Å². The molecule has 1 atom stereocenters. The Bertz CT molecular complexity index is 562.